The van der Waals surface area contributed by atoms with Crippen LogP contribution in [0.1, 0.15) is 36.5 Å². The highest BCUT2D eigenvalue weighted by Crippen LogP contribution is 2.39. The van der Waals surface area contributed by atoms with Crippen LogP contribution < -0.4 is 21.3 Å². The summed E-state index contributed by atoms with van der Waals surface area (Å²) in [4.78, 5) is 26.2. The quantitative estimate of drug-likeness (QED) is 0.768. The van der Waals surface area contributed by atoms with Crippen molar-refractivity contribution in [2.24, 2.45) is 11.7 Å². The van der Waals surface area contributed by atoms with E-state index in [1.165, 1.54) is 0 Å². The van der Waals surface area contributed by atoms with Gasteiger partial charge in [0.25, 0.3) is 5.91 Å². The maximum Gasteiger partial charge on any atom is 0.321 e. The number of amides is 3. The Morgan fingerprint density at radius 2 is 2.26 bits per heavy atom. The van der Waals surface area contributed by atoms with Crippen LogP contribution in [-0.2, 0) is 0 Å². The standard InChI is InChI=1S/C17H24N4O2/c1-17(11-18,13-6-7-13)20-15(22)12-4-2-5-14(10-12)21-9-3-8-19-16(21)23/h2,4-5,10,13H,3,6-9,11,18H2,1H3,(H,19,23)(H,20,22). The van der Waals surface area contributed by atoms with Gasteiger partial charge >= 0.3 is 6.03 Å². The van der Waals surface area contributed by atoms with E-state index >= 15 is 0 Å². The van der Waals surface area contributed by atoms with Gasteiger partial charge in [0.1, 0.15) is 0 Å². The van der Waals surface area contributed by atoms with Gasteiger partial charge in [0.05, 0.1) is 5.54 Å². The Kier molecular flexibility index (Phi) is 4.26. The Bertz CT molecular complexity index is 614. The number of hydrogen-bond acceptors (Lipinski definition) is 3. The summed E-state index contributed by atoms with van der Waals surface area (Å²) in [5.41, 5.74) is 6.81. The number of nitrogens with one attached hydrogen (secondary N) is 2. The Morgan fingerprint density at radius 1 is 1.48 bits per heavy atom. The molecule has 6 nitrogen and oxygen atoms in total. The molecule has 1 heterocycles. The number of nitrogens with zero attached hydrogens (tertiary/aromatic N) is 1. The molecular weight excluding hydrogens is 292 g/mol. The topological polar surface area (TPSA) is 87.5 Å². The fraction of sp³-hybridized carbons (Fsp3) is 0.529. The number of carbonyl (C=O) groups is 2. The molecule has 1 aliphatic carbocycles. The molecule has 2 fully saturated rings. The summed E-state index contributed by atoms with van der Waals surface area (Å²) < 4.78 is 0. The van der Waals surface area contributed by atoms with Crippen molar-refractivity contribution < 1.29 is 9.59 Å². The van der Waals surface area contributed by atoms with Gasteiger partial charge in [0.2, 0.25) is 0 Å². The fourth-order valence-corrected chi connectivity index (χ4v) is 3.06. The van der Waals surface area contributed by atoms with E-state index in [0.29, 0.717) is 31.1 Å². The van der Waals surface area contributed by atoms with E-state index in [-0.39, 0.29) is 17.5 Å². The van der Waals surface area contributed by atoms with Crippen LogP contribution in [0.25, 0.3) is 0 Å². The second-order valence-electron chi connectivity index (χ2n) is 6.64. The molecule has 2 aliphatic rings. The van der Waals surface area contributed by atoms with Crippen molar-refractivity contribution in [3.8, 4) is 0 Å². The highest BCUT2D eigenvalue weighted by atomic mass is 16.2. The SMILES string of the molecule is CC(CN)(NC(=O)c1cccc(N2CCCNC2=O)c1)C1CC1. The van der Waals surface area contributed by atoms with Gasteiger partial charge in [-0.15, -0.1) is 0 Å². The largest absolute Gasteiger partial charge is 0.345 e. The maximum absolute atomic E-state index is 12.6. The molecule has 0 bridgehead atoms. The van der Waals surface area contributed by atoms with Crippen molar-refractivity contribution in [1.29, 1.82) is 0 Å². The summed E-state index contributed by atoms with van der Waals surface area (Å²) in [5.74, 6) is 0.330. The van der Waals surface area contributed by atoms with E-state index in [0.717, 1.165) is 24.9 Å². The summed E-state index contributed by atoms with van der Waals surface area (Å²) in [6.45, 7) is 3.80. The Labute approximate surface area is 136 Å². The third-order valence-electron chi connectivity index (χ3n) is 4.80. The minimum absolute atomic E-state index is 0.112. The monoisotopic (exact) mass is 316 g/mol. The summed E-state index contributed by atoms with van der Waals surface area (Å²) in [6, 6.07) is 7.08. The molecule has 4 N–H and O–H groups in total. The van der Waals surface area contributed by atoms with Crippen molar-refractivity contribution in [2.45, 2.75) is 31.7 Å². The maximum atomic E-state index is 12.6. The van der Waals surface area contributed by atoms with Gasteiger partial charge < -0.3 is 16.4 Å². The number of benzene rings is 1. The molecule has 1 aromatic rings. The van der Waals surface area contributed by atoms with Gasteiger partial charge in [-0.2, -0.15) is 0 Å². The van der Waals surface area contributed by atoms with Crippen LogP contribution in [0.5, 0.6) is 0 Å². The van der Waals surface area contributed by atoms with E-state index in [1.54, 1.807) is 17.0 Å². The average molecular weight is 316 g/mol. The van der Waals surface area contributed by atoms with Crippen LogP contribution in [0.4, 0.5) is 10.5 Å². The molecule has 3 rings (SSSR count). The predicted octanol–water partition coefficient (Wildman–Crippen LogP) is 1.46. The second kappa shape index (κ2) is 6.20. The van der Waals surface area contributed by atoms with E-state index in [9.17, 15) is 9.59 Å². The first-order valence-electron chi connectivity index (χ1n) is 8.21. The van der Waals surface area contributed by atoms with Crippen molar-refractivity contribution >= 4 is 17.6 Å². The first-order valence-corrected chi connectivity index (χ1v) is 8.21. The number of nitrogens with two attached hydrogens (primary N) is 1. The third kappa shape index (κ3) is 3.32. The summed E-state index contributed by atoms with van der Waals surface area (Å²) >= 11 is 0. The smallest absolute Gasteiger partial charge is 0.321 e. The minimum atomic E-state index is -0.352. The van der Waals surface area contributed by atoms with Crippen molar-refractivity contribution in [3.63, 3.8) is 0 Å². The van der Waals surface area contributed by atoms with Crippen LogP contribution in [0.3, 0.4) is 0 Å². The predicted molar refractivity (Wildman–Crippen MR) is 89.5 cm³/mol. The lowest BCUT2D eigenvalue weighted by Gasteiger charge is -2.30. The van der Waals surface area contributed by atoms with Crippen LogP contribution in [0, 0.1) is 5.92 Å². The molecule has 1 atom stereocenters. The van der Waals surface area contributed by atoms with Gasteiger partial charge in [0.15, 0.2) is 0 Å². The Balaban J connectivity index is 1.76. The van der Waals surface area contributed by atoms with Crippen molar-refractivity contribution in [2.75, 3.05) is 24.5 Å². The molecule has 23 heavy (non-hydrogen) atoms. The molecule has 0 spiro atoms. The minimum Gasteiger partial charge on any atom is -0.345 e. The molecule has 1 saturated carbocycles. The zero-order valence-electron chi connectivity index (χ0n) is 13.5. The van der Waals surface area contributed by atoms with E-state index in [4.69, 9.17) is 5.73 Å². The number of urea groups is 1. The zero-order chi connectivity index (χ0) is 16.4. The fourth-order valence-electron chi connectivity index (χ4n) is 3.06. The molecule has 1 unspecified atom stereocenters. The second-order valence-corrected chi connectivity index (χ2v) is 6.64. The van der Waals surface area contributed by atoms with Crippen LogP contribution in [0.15, 0.2) is 24.3 Å². The summed E-state index contributed by atoms with van der Waals surface area (Å²) in [5, 5.41) is 5.90. The van der Waals surface area contributed by atoms with Crippen molar-refractivity contribution in [3.05, 3.63) is 29.8 Å². The number of rotatable bonds is 5. The normalized spacial score (nSPS) is 20.6. The Hall–Kier alpha value is -2.08. The van der Waals surface area contributed by atoms with Gasteiger partial charge in [-0.05, 0) is 50.3 Å². The molecule has 0 radical (unpaired) electrons. The summed E-state index contributed by atoms with van der Waals surface area (Å²) in [6.07, 6.45) is 3.12. The number of carbonyl (C=O) groups excluding carboxylic acids is 2. The molecule has 1 aliphatic heterocycles. The lowest BCUT2D eigenvalue weighted by atomic mass is 9.95. The zero-order valence-corrected chi connectivity index (χ0v) is 13.5. The van der Waals surface area contributed by atoms with Gasteiger partial charge in [0, 0.05) is 30.9 Å². The average Bonchev–Trinajstić information content (AvgIpc) is 3.40. The van der Waals surface area contributed by atoms with E-state index in [1.807, 2.05) is 19.1 Å². The van der Waals surface area contributed by atoms with Crippen molar-refractivity contribution in [1.82, 2.24) is 10.6 Å². The number of anilines is 1. The van der Waals surface area contributed by atoms with Crippen LogP contribution in [0.2, 0.25) is 0 Å². The molecule has 1 saturated heterocycles. The van der Waals surface area contributed by atoms with Gasteiger partial charge in [-0.3, -0.25) is 9.69 Å². The molecule has 124 valence electrons. The van der Waals surface area contributed by atoms with Crippen LogP contribution in [-0.4, -0.2) is 37.1 Å². The highest BCUT2D eigenvalue weighted by Gasteiger charge is 2.41. The highest BCUT2D eigenvalue weighted by molar-refractivity contribution is 5.98. The molecule has 3 amide bonds. The lowest BCUT2D eigenvalue weighted by Crippen LogP contribution is -2.53. The summed E-state index contributed by atoms with van der Waals surface area (Å²) in [7, 11) is 0. The Morgan fingerprint density at radius 3 is 2.91 bits per heavy atom. The third-order valence-corrected chi connectivity index (χ3v) is 4.80. The van der Waals surface area contributed by atoms with E-state index < -0.39 is 0 Å². The van der Waals surface area contributed by atoms with Gasteiger partial charge in [-0.1, -0.05) is 6.07 Å². The van der Waals surface area contributed by atoms with Gasteiger partial charge in [-0.25, -0.2) is 4.79 Å². The first-order chi connectivity index (χ1) is 11.0. The van der Waals surface area contributed by atoms with Crippen LogP contribution >= 0.6 is 0 Å². The molecule has 6 heteroatoms. The first kappa shape index (κ1) is 15.8. The lowest BCUT2D eigenvalue weighted by molar-refractivity contribution is 0.0898. The molecule has 0 aromatic heterocycles. The molecule has 1 aromatic carbocycles. The molecular formula is C17H24N4O2. The van der Waals surface area contributed by atoms with E-state index in [2.05, 4.69) is 10.6 Å². The number of hydrogen-bond donors (Lipinski definition) is 3.